The summed E-state index contributed by atoms with van der Waals surface area (Å²) in [4.78, 5) is 29.4. The highest BCUT2D eigenvalue weighted by atomic mass is 16.2. The number of carbonyl (C=O) groups is 1. The molecule has 5 nitrogen and oxygen atoms in total. The summed E-state index contributed by atoms with van der Waals surface area (Å²) in [6.45, 7) is 8.42. The number of aromatic amines is 1. The van der Waals surface area contributed by atoms with E-state index in [0.29, 0.717) is 17.9 Å². The molecular weight excluding hydrogens is 230 g/mol. The second-order valence-corrected chi connectivity index (χ2v) is 3.70. The molecule has 0 aliphatic rings. The first kappa shape index (κ1) is 16.4. The van der Waals surface area contributed by atoms with Gasteiger partial charge in [-0.15, -0.1) is 0 Å². The molecule has 0 aliphatic carbocycles. The predicted octanol–water partition coefficient (Wildman–Crippen LogP) is 1.56. The van der Waals surface area contributed by atoms with Gasteiger partial charge in [-0.25, -0.2) is 4.98 Å². The van der Waals surface area contributed by atoms with E-state index in [1.54, 1.807) is 6.92 Å². The molecule has 0 aliphatic heterocycles. The van der Waals surface area contributed by atoms with E-state index in [9.17, 15) is 9.59 Å². The average molecular weight is 253 g/mol. The molecule has 1 amide bonds. The molecule has 1 heterocycles. The van der Waals surface area contributed by atoms with Crippen LogP contribution < -0.4 is 10.9 Å². The fourth-order valence-electron chi connectivity index (χ4n) is 1.28. The Morgan fingerprint density at radius 1 is 1.44 bits per heavy atom. The summed E-state index contributed by atoms with van der Waals surface area (Å²) in [5.74, 6) is 0.421. The zero-order valence-corrected chi connectivity index (χ0v) is 11.7. The van der Waals surface area contributed by atoms with Crippen molar-refractivity contribution < 1.29 is 4.79 Å². The van der Waals surface area contributed by atoms with Crippen LogP contribution in [-0.2, 0) is 11.2 Å². The summed E-state index contributed by atoms with van der Waals surface area (Å²) in [6.07, 6.45) is 3.53. The minimum Gasteiger partial charge on any atom is -0.356 e. The largest absolute Gasteiger partial charge is 0.356 e. The SMILES string of the molecule is CC.CCCCNC(=O)Cc1cnc(C)[nH]c1=O. The molecule has 2 N–H and O–H groups in total. The summed E-state index contributed by atoms with van der Waals surface area (Å²) >= 11 is 0. The van der Waals surface area contributed by atoms with Gasteiger partial charge in [-0.1, -0.05) is 27.2 Å². The first-order valence-corrected chi connectivity index (χ1v) is 6.45. The standard InChI is InChI=1S/C11H17N3O2.C2H6/c1-3-4-5-12-10(15)6-9-7-13-8(2)14-11(9)16;1-2/h7H,3-6H2,1-2H3,(H,12,15)(H,13,14,16);1-2H3. The third-order valence-corrected chi connectivity index (χ3v) is 2.20. The van der Waals surface area contributed by atoms with Crippen LogP contribution in [0.5, 0.6) is 0 Å². The van der Waals surface area contributed by atoms with Crippen molar-refractivity contribution in [3.05, 3.63) is 27.9 Å². The van der Waals surface area contributed by atoms with Crippen LogP contribution in [0.15, 0.2) is 11.0 Å². The number of aromatic nitrogens is 2. The Bertz CT molecular complexity index is 413. The van der Waals surface area contributed by atoms with Crippen LogP contribution in [0.25, 0.3) is 0 Å². The number of rotatable bonds is 5. The van der Waals surface area contributed by atoms with Crippen LogP contribution in [-0.4, -0.2) is 22.4 Å². The van der Waals surface area contributed by atoms with E-state index in [1.807, 2.05) is 13.8 Å². The highest BCUT2D eigenvalue weighted by Gasteiger charge is 2.06. The maximum absolute atomic E-state index is 11.4. The first-order chi connectivity index (χ1) is 8.63. The number of carbonyl (C=O) groups excluding carboxylic acids is 1. The van der Waals surface area contributed by atoms with Crippen LogP contribution in [0.3, 0.4) is 0 Å². The van der Waals surface area contributed by atoms with Gasteiger partial charge in [-0.2, -0.15) is 0 Å². The number of amides is 1. The number of nitrogens with one attached hydrogen (secondary N) is 2. The highest BCUT2D eigenvalue weighted by Crippen LogP contribution is 1.91. The number of nitrogens with zero attached hydrogens (tertiary/aromatic N) is 1. The van der Waals surface area contributed by atoms with Crippen LogP contribution in [0, 0.1) is 6.92 Å². The summed E-state index contributed by atoms with van der Waals surface area (Å²) in [6, 6.07) is 0. The number of aryl methyl sites for hydroxylation is 1. The second kappa shape index (κ2) is 9.39. The molecule has 0 saturated heterocycles. The van der Waals surface area contributed by atoms with E-state index >= 15 is 0 Å². The molecule has 1 rings (SSSR count). The molecule has 0 bridgehead atoms. The fraction of sp³-hybridized carbons (Fsp3) is 0.615. The van der Waals surface area contributed by atoms with Gasteiger partial charge in [-0.3, -0.25) is 9.59 Å². The molecular formula is C13H23N3O2. The molecule has 0 spiro atoms. The zero-order chi connectivity index (χ0) is 14.0. The summed E-state index contributed by atoms with van der Waals surface area (Å²) in [7, 11) is 0. The van der Waals surface area contributed by atoms with Crippen LogP contribution in [0.2, 0.25) is 0 Å². The molecule has 1 aromatic heterocycles. The molecule has 102 valence electrons. The van der Waals surface area contributed by atoms with Crippen molar-refractivity contribution in [3.63, 3.8) is 0 Å². The van der Waals surface area contributed by atoms with Crippen molar-refractivity contribution in [2.24, 2.45) is 0 Å². The number of hydrogen-bond acceptors (Lipinski definition) is 3. The van der Waals surface area contributed by atoms with E-state index in [4.69, 9.17) is 0 Å². The van der Waals surface area contributed by atoms with E-state index in [-0.39, 0.29) is 17.9 Å². The smallest absolute Gasteiger partial charge is 0.254 e. The maximum atomic E-state index is 11.4. The fourth-order valence-corrected chi connectivity index (χ4v) is 1.28. The van der Waals surface area contributed by atoms with Gasteiger partial charge in [0.05, 0.1) is 6.42 Å². The van der Waals surface area contributed by atoms with Crippen LogP contribution >= 0.6 is 0 Å². The normalized spacial score (nSPS) is 9.33. The first-order valence-electron chi connectivity index (χ1n) is 6.45. The molecule has 0 saturated carbocycles. The Labute approximate surface area is 108 Å². The van der Waals surface area contributed by atoms with Crippen LogP contribution in [0.4, 0.5) is 0 Å². The molecule has 1 aromatic rings. The van der Waals surface area contributed by atoms with Gasteiger partial charge in [0.2, 0.25) is 5.91 Å². The lowest BCUT2D eigenvalue weighted by atomic mass is 10.2. The van der Waals surface area contributed by atoms with Crippen LogP contribution in [0.1, 0.15) is 45.0 Å². The van der Waals surface area contributed by atoms with Gasteiger partial charge < -0.3 is 10.3 Å². The lowest BCUT2D eigenvalue weighted by Crippen LogP contribution is -2.28. The third kappa shape index (κ3) is 6.18. The molecule has 5 heteroatoms. The van der Waals surface area contributed by atoms with Crippen molar-refractivity contribution in [1.82, 2.24) is 15.3 Å². The summed E-state index contributed by atoms with van der Waals surface area (Å²) < 4.78 is 0. The third-order valence-electron chi connectivity index (χ3n) is 2.20. The Morgan fingerprint density at radius 2 is 2.11 bits per heavy atom. The van der Waals surface area contributed by atoms with Crippen molar-refractivity contribution in [2.45, 2.75) is 47.0 Å². The quantitative estimate of drug-likeness (QED) is 0.782. The van der Waals surface area contributed by atoms with Gasteiger partial charge in [0.1, 0.15) is 5.82 Å². The Balaban J connectivity index is 0.00000137. The highest BCUT2D eigenvalue weighted by molar-refractivity contribution is 5.78. The van der Waals surface area contributed by atoms with Gasteiger partial charge in [0.25, 0.3) is 5.56 Å². The molecule has 0 fully saturated rings. The van der Waals surface area contributed by atoms with Gasteiger partial charge in [0.15, 0.2) is 0 Å². The molecule has 0 aromatic carbocycles. The summed E-state index contributed by atoms with van der Waals surface area (Å²) in [5.41, 5.74) is 0.165. The molecule has 0 radical (unpaired) electrons. The lowest BCUT2D eigenvalue weighted by molar-refractivity contribution is -0.120. The Hall–Kier alpha value is -1.65. The maximum Gasteiger partial charge on any atom is 0.254 e. The molecule has 18 heavy (non-hydrogen) atoms. The van der Waals surface area contributed by atoms with Gasteiger partial charge in [0, 0.05) is 18.3 Å². The van der Waals surface area contributed by atoms with E-state index < -0.39 is 0 Å². The number of hydrogen-bond donors (Lipinski definition) is 2. The molecule has 0 atom stereocenters. The van der Waals surface area contributed by atoms with Crippen molar-refractivity contribution >= 4 is 5.91 Å². The van der Waals surface area contributed by atoms with Crippen molar-refractivity contribution in [3.8, 4) is 0 Å². The average Bonchev–Trinajstić information content (AvgIpc) is 2.36. The second-order valence-electron chi connectivity index (χ2n) is 3.70. The Morgan fingerprint density at radius 3 is 2.67 bits per heavy atom. The van der Waals surface area contributed by atoms with E-state index in [1.165, 1.54) is 6.20 Å². The minimum absolute atomic E-state index is 0.0896. The van der Waals surface area contributed by atoms with Crippen molar-refractivity contribution in [1.29, 1.82) is 0 Å². The monoisotopic (exact) mass is 253 g/mol. The van der Waals surface area contributed by atoms with E-state index in [0.717, 1.165) is 12.8 Å². The number of H-pyrrole nitrogens is 1. The van der Waals surface area contributed by atoms with Gasteiger partial charge >= 0.3 is 0 Å². The van der Waals surface area contributed by atoms with E-state index in [2.05, 4.69) is 22.2 Å². The Kier molecular flexibility index (Phi) is 8.53. The summed E-state index contributed by atoms with van der Waals surface area (Å²) in [5, 5.41) is 2.75. The lowest BCUT2D eigenvalue weighted by Gasteiger charge is -2.03. The van der Waals surface area contributed by atoms with Crippen molar-refractivity contribution in [2.75, 3.05) is 6.54 Å². The molecule has 0 unspecified atom stereocenters. The predicted molar refractivity (Wildman–Crippen MR) is 72.6 cm³/mol. The number of unbranched alkanes of at least 4 members (excludes halogenated alkanes) is 1. The topological polar surface area (TPSA) is 74.8 Å². The minimum atomic E-state index is -0.238. The zero-order valence-electron chi connectivity index (χ0n) is 11.7. The van der Waals surface area contributed by atoms with Gasteiger partial charge in [-0.05, 0) is 13.3 Å².